The summed E-state index contributed by atoms with van der Waals surface area (Å²) in [6.45, 7) is 1.85. The van der Waals surface area contributed by atoms with Gasteiger partial charge in [-0.15, -0.1) is 11.8 Å². The Labute approximate surface area is 128 Å². The van der Waals surface area contributed by atoms with E-state index in [1.807, 2.05) is 0 Å². The molecule has 1 aliphatic carbocycles. The van der Waals surface area contributed by atoms with Crippen molar-refractivity contribution in [3.05, 3.63) is 0 Å². The highest BCUT2D eigenvalue weighted by Gasteiger charge is 2.47. The van der Waals surface area contributed by atoms with Crippen LogP contribution in [0.1, 0.15) is 25.7 Å². The minimum absolute atomic E-state index is 0.0121. The van der Waals surface area contributed by atoms with Gasteiger partial charge < -0.3 is 20.1 Å². The van der Waals surface area contributed by atoms with Gasteiger partial charge in [-0.1, -0.05) is 0 Å². The lowest BCUT2D eigenvalue weighted by molar-refractivity contribution is -0.152. The Bertz CT molecular complexity index is 410. The van der Waals surface area contributed by atoms with Crippen LogP contribution in [-0.4, -0.2) is 64.9 Å². The van der Waals surface area contributed by atoms with Crippen LogP contribution >= 0.6 is 11.8 Å². The Balaban J connectivity index is 1.58. The molecule has 2 heterocycles. The number of carboxylic acids is 1. The molecule has 6 nitrogen and oxygen atoms in total. The molecule has 21 heavy (non-hydrogen) atoms. The van der Waals surface area contributed by atoms with E-state index in [2.05, 4.69) is 5.32 Å². The Kier molecular flexibility index (Phi) is 4.71. The molecular formula is C14H22N2O4S. The molecule has 3 fully saturated rings. The van der Waals surface area contributed by atoms with E-state index in [-0.39, 0.29) is 24.0 Å². The first-order chi connectivity index (χ1) is 10.2. The second kappa shape index (κ2) is 6.54. The molecule has 1 amide bonds. The van der Waals surface area contributed by atoms with Crippen LogP contribution in [0.3, 0.4) is 0 Å². The first kappa shape index (κ1) is 15.1. The molecule has 0 spiro atoms. The standard InChI is InChI=1S/C14H22N2O4S/c17-12(7-20-10-3-5-15-6-4-10)16-11(14(18)19)8-21-13(16)9-1-2-9/h9-11,13,15H,1-8H2,(H,18,19). The van der Waals surface area contributed by atoms with E-state index < -0.39 is 12.0 Å². The first-order valence-electron chi connectivity index (χ1n) is 7.64. The third kappa shape index (κ3) is 3.52. The molecule has 2 saturated heterocycles. The summed E-state index contributed by atoms with van der Waals surface area (Å²) < 4.78 is 5.70. The minimum atomic E-state index is -0.902. The molecule has 0 bridgehead atoms. The number of hydrogen-bond donors (Lipinski definition) is 2. The summed E-state index contributed by atoms with van der Waals surface area (Å²) in [5.74, 6) is -0.0962. The highest BCUT2D eigenvalue weighted by atomic mass is 32.2. The van der Waals surface area contributed by atoms with E-state index in [0.717, 1.165) is 38.8 Å². The fourth-order valence-electron chi connectivity index (χ4n) is 3.00. The van der Waals surface area contributed by atoms with Gasteiger partial charge in [0.05, 0.1) is 11.5 Å². The molecule has 2 N–H and O–H groups in total. The van der Waals surface area contributed by atoms with E-state index in [1.165, 1.54) is 0 Å². The predicted molar refractivity (Wildman–Crippen MR) is 79.1 cm³/mol. The fraction of sp³-hybridized carbons (Fsp3) is 0.857. The average molecular weight is 314 g/mol. The molecule has 3 aliphatic rings. The van der Waals surface area contributed by atoms with Gasteiger partial charge in [0.1, 0.15) is 12.6 Å². The van der Waals surface area contributed by atoms with E-state index >= 15 is 0 Å². The van der Waals surface area contributed by atoms with Crippen LogP contribution in [-0.2, 0) is 14.3 Å². The molecule has 0 aromatic carbocycles. The van der Waals surface area contributed by atoms with Gasteiger partial charge in [-0.3, -0.25) is 4.79 Å². The van der Waals surface area contributed by atoms with Gasteiger partial charge in [0, 0.05) is 5.75 Å². The Hall–Kier alpha value is -0.790. The van der Waals surface area contributed by atoms with Crippen LogP contribution in [0.25, 0.3) is 0 Å². The number of amides is 1. The summed E-state index contributed by atoms with van der Waals surface area (Å²) in [7, 11) is 0. The SMILES string of the molecule is O=C(O)C1CSC(C2CC2)N1C(=O)COC1CCNCC1. The number of aliphatic carboxylic acids is 1. The smallest absolute Gasteiger partial charge is 0.327 e. The molecule has 2 unspecified atom stereocenters. The summed E-state index contributed by atoms with van der Waals surface area (Å²) >= 11 is 1.61. The highest BCUT2D eigenvalue weighted by Crippen LogP contribution is 2.45. The van der Waals surface area contributed by atoms with Crippen LogP contribution in [0, 0.1) is 5.92 Å². The quantitative estimate of drug-likeness (QED) is 0.770. The van der Waals surface area contributed by atoms with Crippen molar-refractivity contribution >= 4 is 23.6 Å². The monoisotopic (exact) mass is 314 g/mol. The third-order valence-corrected chi connectivity index (χ3v) is 5.82. The predicted octanol–water partition coefficient (Wildman–Crippen LogP) is 0.520. The minimum Gasteiger partial charge on any atom is -0.480 e. The molecular weight excluding hydrogens is 292 g/mol. The van der Waals surface area contributed by atoms with Crippen molar-refractivity contribution in [1.82, 2.24) is 10.2 Å². The Morgan fingerprint density at radius 3 is 2.57 bits per heavy atom. The molecule has 3 rings (SSSR count). The fourth-order valence-corrected chi connectivity index (χ4v) is 4.66. The zero-order valence-electron chi connectivity index (χ0n) is 12.0. The second-order valence-corrected chi connectivity index (χ2v) is 7.13. The van der Waals surface area contributed by atoms with Gasteiger partial charge in [0.15, 0.2) is 0 Å². The van der Waals surface area contributed by atoms with Crippen molar-refractivity contribution in [2.24, 2.45) is 5.92 Å². The zero-order valence-corrected chi connectivity index (χ0v) is 12.8. The number of piperidine rings is 1. The van der Waals surface area contributed by atoms with Crippen LogP contribution in [0.4, 0.5) is 0 Å². The summed E-state index contributed by atoms with van der Waals surface area (Å²) in [6.07, 6.45) is 4.15. The lowest BCUT2D eigenvalue weighted by Gasteiger charge is -2.29. The molecule has 0 aromatic heterocycles. The first-order valence-corrected chi connectivity index (χ1v) is 8.69. The van der Waals surface area contributed by atoms with E-state index in [9.17, 15) is 14.7 Å². The van der Waals surface area contributed by atoms with Crippen molar-refractivity contribution in [2.45, 2.75) is 43.2 Å². The number of carbonyl (C=O) groups is 2. The van der Waals surface area contributed by atoms with Crippen LogP contribution in [0.2, 0.25) is 0 Å². The van der Waals surface area contributed by atoms with Gasteiger partial charge in [-0.25, -0.2) is 4.79 Å². The van der Waals surface area contributed by atoms with Gasteiger partial charge in [0.2, 0.25) is 5.91 Å². The zero-order chi connectivity index (χ0) is 14.8. The van der Waals surface area contributed by atoms with Crippen molar-refractivity contribution in [2.75, 3.05) is 25.4 Å². The van der Waals surface area contributed by atoms with Crippen LogP contribution < -0.4 is 5.32 Å². The van der Waals surface area contributed by atoms with Gasteiger partial charge >= 0.3 is 5.97 Å². The molecule has 0 radical (unpaired) electrons. The van der Waals surface area contributed by atoms with Gasteiger partial charge in [-0.2, -0.15) is 0 Å². The van der Waals surface area contributed by atoms with Crippen molar-refractivity contribution < 1.29 is 19.4 Å². The maximum absolute atomic E-state index is 12.5. The summed E-state index contributed by atoms with van der Waals surface area (Å²) in [4.78, 5) is 25.4. The number of rotatable bonds is 5. The number of hydrogen-bond acceptors (Lipinski definition) is 5. The Morgan fingerprint density at radius 1 is 1.24 bits per heavy atom. The van der Waals surface area contributed by atoms with Crippen molar-refractivity contribution in [3.63, 3.8) is 0 Å². The number of ether oxygens (including phenoxy) is 1. The summed E-state index contributed by atoms with van der Waals surface area (Å²) in [5, 5.41) is 12.6. The van der Waals surface area contributed by atoms with Crippen molar-refractivity contribution in [1.29, 1.82) is 0 Å². The summed E-state index contributed by atoms with van der Waals surface area (Å²) in [5.41, 5.74) is 0. The van der Waals surface area contributed by atoms with Gasteiger partial charge in [-0.05, 0) is 44.7 Å². The van der Waals surface area contributed by atoms with E-state index in [4.69, 9.17) is 4.74 Å². The van der Waals surface area contributed by atoms with Crippen molar-refractivity contribution in [3.8, 4) is 0 Å². The third-order valence-electron chi connectivity index (χ3n) is 4.36. The van der Waals surface area contributed by atoms with E-state index in [1.54, 1.807) is 16.7 Å². The topological polar surface area (TPSA) is 78.9 Å². The number of thioether (sulfide) groups is 1. The van der Waals surface area contributed by atoms with Gasteiger partial charge in [0.25, 0.3) is 0 Å². The molecule has 1 saturated carbocycles. The maximum atomic E-state index is 12.5. The van der Waals surface area contributed by atoms with Crippen LogP contribution in [0.15, 0.2) is 0 Å². The summed E-state index contributed by atoms with van der Waals surface area (Å²) in [6, 6.07) is -0.690. The molecule has 2 aliphatic heterocycles. The number of carboxylic acid groups (broad SMARTS) is 1. The largest absolute Gasteiger partial charge is 0.480 e. The molecule has 7 heteroatoms. The molecule has 2 atom stereocenters. The van der Waals surface area contributed by atoms with E-state index in [0.29, 0.717) is 11.7 Å². The van der Waals surface area contributed by atoms with Crippen LogP contribution in [0.5, 0.6) is 0 Å². The lowest BCUT2D eigenvalue weighted by atomic mass is 10.1. The number of carbonyl (C=O) groups excluding carboxylic acids is 1. The molecule has 0 aromatic rings. The Morgan fingerprint density at radius 2 is 1.95 bits per heavy atom. The maximum Gasteiger partial charge on any atom is 0.327 e. The second-order valence-electron chi connectivity index (χ2n) is 5.98. The average Bonchev–Trinajstić information content (AvgIpc) is 3.24. The molecule has 118 valence electrons. The number of nitrogens with zero attached hydrogens (tertiary/aromatic N) is 1. The normalized spacial score (nSPS) is 30.6. The number of nitrogens with one attached hydrogen (secondary N) is 1. The highest BCUT2D eigenvalue weighted by molar-refractivity contribution is 8.00. The lowest BCUT2D eigenvalue weighted by Crippen LogP contribution is -2.48.